The van der Waals surface area contributed by atoms with Gasteiger partial charge in [0.2, 0.25) is 10.2 Å². The molecule has 13 aromatic carbocycles. The molecule has 0 atom stereocenters. The molecule has 3 aromatic heterocycles. The SMILES string of the molecule is Cc1ccc(-c2c(O)oc3cc(OC(=O)c4ccc(O)cc4)c(=S)ccc23)cc1.Cc1ccc(-c2c(O)oc3cc(OC(=O)c4ccc(S)cc4)c(=S)ccc23)cc1.Cc1ccc(-c2c3ccc(SS)c(OC(=O)c4ccc(O)cc4)cc-3oc2=O)cc1.O=C(Sc1cc2oc(=O)c(-c3ccccc3)c-2ccc1SS)c1ccc(O)cc1.O=C(Sc1cc2oc(O)c(-c3ccccc3)c2ccc1=S)c1ccc(O)cc1. The molecule has 0 spiro atoms. The lowest BCUT2D eigenvalue weighted by Gasteiger charge is -2.06. The number of hydrogen-bond acceptors (Lipinski definition) is 32. The van der Waals surface area contributed by atoms with Crippen LogP contribution in [0.25, 0.3) is 111 Å². The Morgan fingerprint density at radius 1 is 0.290 bits per heavy atom. The Balaban J connectivity index is 0.000000130. The van der Waals surface area contributed by atoms with Gasteiger partial charge in [-0.25, -0.2) is 24.0 Å². The Morgan fingerprint density at radius 2 is 0.600 bits per heavy atom. The zero-order valence-electron chi connectivity index (χ0n) is 75.9. The first-order valence-corrected chi connectivity index (χ1v) is 50.6. The fourth-order valence-electron chi connectivity index (χ4n) is 14.8. The van der Waals surface area contributed by atoms with E-state index in [1.807, 2.05) is 166 Å². The topological polar surface area (TPSA) is 354 Å². The maximum atomic E-state index is 12.7. The van der Waals surface area contributed by atoms with Gasteiger partial charge in [-0.15, -0.1) is 36.0 Å². The van der Waals surface area contributed by atoms with Gasteiger partial charge in [-0.2, -0.15) is 0 Å². The molecule has 5 heterocycles. The first-order chi connectivity index (χ1) is 69.9. The monoisotopic (exact) mass is 2100 g/mol. The number of hydrogen-bond donors (Lipinski definition) is 10. The number of esters is 3. The van der Waals surface area contributed by atoms with Crippen LogP contribution in [0.4, 0.5) is 0 Å². The molecule has 7 N–H and O–H groups in total. The van der Waals surface area contributed by atoms with Crippen LogP contribution in [0.3, 0.4) is 0 Å². The van der Waals surface area contributed by atoms with Crippen LogP contribution in [-0.4, -0.2) is 63.9 Å². The van der Waals surface area contributed by atoms with Crippen LogP contribution in [0.5, 0.6) is 58.1 Å². The summed E-state index contributed by atoms with van der Waals surface area (Å²) >= 11 is 30.9. The van der Waals surface area contributed by atoms with Gasteiger partial charge < -0.3 is 72.0 Å². The molecule has 20 rings (SSSR count). The molecular formula is C113H76O22S10. The predicted octanol–water partition coefficient (Wildman–Crippen LogP) is 29.9. The Hall–Kier alpha value is -15.6. The van der Waals surface area contributed by atoms with E-state index in [0.29, 0.717) is 128 Å². The summed E-state index contributed by atoms with van der Waals surface area (Å²) in [5.41, 5.74) is 13.3. The minimum Gasteiger partial charge on any atom is -0.508 e. The normalized spacial score (nSPS) is 10.9. The third-order valence-electron chi connectivity index (χ3n) is 22.2. The summed E-state index contributed by atoms with van der Waals surface area (Å²) in [7, 11) is 2.32. The van der Waals surface area contributed by atoms with Gasteiger partial charge in [-0.1, -0.05) is 208 Å². The predicted molar refractivity (Wildman–Crippen MR) is 582 cm³/mol. The Labute approximate surface area is 873 Å². The number of fused-ring (bicyclic) bond motifs is 5. The summed E-state index contributed by atoms with van der Waals surface area (Å²) in [5.74, 6) is -0.852. The first-order valence-electron chi connectivity index (χ1n) is 43.5. The van der Waals surface area contributed by atoms with E-state index < -0.39 is 29.2 Å². The molecule has 22 nitrogen and oxygen atoms in total. The fraction of sp³-hybridized carbons (Fsp3) is 0.0265. The minimum atomic E-state index is -0.620. The number of thiol groups is 3. The summed E-state index contributed by atoms with van der Waals surface area (Å²) in [5, 5.41) is 70.2. The van der Waals surface area contributed by atoms with Crippen LogP contribution >= 0.6 is 118 Å². The summed E-state index contributed by atoms with van der Waals surface area (Å²) < 4.78 is 45.3. The highest BCUT2D eigenvalue weighted by Crippen LogP contribution is 2.47. The van der Waals surface area contributed by atoms with E-state index in [2.05, 4.69) is 36.0 Å². The molecule has 0 bridgehead atoms. The maximum Gasteiger partial charge on any atom is 0.344 e. The van der Waals surface area contributed by atoms with Crippen molar-refractivity contribution in [2.45, 2.75) is 45.2 Å². The van der Waals surface area contributed by atoms with Gasteiger partial charge in [-0.3, -0.25) is 9.59 Å². The molecule has 2 aliphatic carbocycles. The van der Waals surface area contributed by atoms with Gasteiger partial charge in [0.1, 0.15) is 57.0 Å². The molecule has 0 saturated heterocycles. The minimum absolute atomic E-state index is 0.0491. The van der Waals surface area contributed by atoms with Crippen LogP contribution in [0.15, 0.2) is 402 Å². The Bertz CT molecular complexity index is 8340. The highest BCUT2D eigenvalue weighted by Gasteiger charge is 2.27. The standard InChI is InChI=1S/C23H16O5S2.C23H16O5S.C23H16O4S2.C22H14O4S3.C22H14O4S2/c1-13-2-4-14(5-3-13)21-17-10-11-20(30-29)19(12-18(17)27-23(21)26)28-22(25)15-6-8-16(24)9-7-15;1-13-2-4-14(5-3-13)21-17-10-11-20(29)19(12-18(17)27-23(21)26)28-22(25)15-6-8-16(24)9-7-15;1-13-2-4-14(5-3-13)21-17-10-11-20(29)19(12-18(17)26-23(21)25)27-22(24)15-6-8-16(28)9-7-15;23-15-8-6-14(7-9-15)22(25)28-19-12-17-16(10-11-18(19)29-27)20(21(24)26-17)13-4-2-1-3-5-13;23-15-8-6-14(7-9-15)22(25)28-19-12-17-16(10-11-18(19)27)20(21(24)26-17)13-4-2-1-3-5-13/h2-12,24,29H,1H3;2-12,24,26H,1H3;2-12,25,28H,1H3;1-12,23,27H;1-12,23-24H. The second kappa shape index (κ2) is 46.2. The number of carbonyl (C=O) groups is 5. The molecule has 0 unspecified atom stereocenters. The molecular weight excluding hydrogens is 2030 g/mol. The van der Waals surface area contributed by atoms with Crippen molar-refractivity contribution in [1.29, 1.82) is 0 Å². The molecule has 145 heavy (non-hydrogen) atoms. The summed E-state index contributed by atoms with van der Waals surface area (Å²) in [4.78, 5) is 91.0. The lowest BCUT2D eigenvalue weighted by molar-refractivity contribution is 0.0722. The molecule has 32 heteroatoms. The number of carbonyl (C=O) groups excluding carboxylic acids is 5. The van der Waals surface area contributed by atoms with Crippen molar-refractivity contribution in [3.63, 3.8) is 0 Å². The van der Waals surface area contributed by atoms with E-state index in [9.17, 15) is 69.3 Å². The van der Waals surface area contributed by atoms with E-state index in [-0.39, 0.29) is 79.4 Å². The molecule has 0 radical (unpaired) electrons. The average molecular weight is 2110 g/mol. The van der Waals surface area contributed by atoms with Gasteiger partial charge in [0, 0.05) is 76.2 Å². The highest BCUT2D eigenvalue weighted by atomic mass is 33.1. The number of rotatable bonds is 17. The van der Waals surface area contributed by atoms with E-state index >= 15 is 0 Å². The van der Waals surface area contributed by atoms with Crippen LogP contribution in [0.2, 0.25) is 0 Å². The van der Waals surface area contributed by atoms with Gasteiger partial charge in [0.05, 0.1) is 62.9 Å². The van der Waals surface area contributed by atoms with E-state index in [1.165, 1.54) is 102 Å². The fourth-order valence-corrected chi connectivity index (χ4v) is 19.1. The highest BCUT2D eigenvalue weighted by molar-refractivity contribution is 8.69. The lowest BCUT2D eigenvalue weighted by atomic mass is 10.0. The molecule has 4 aliphatic rings. The Kier molecular flexibility index (Phi) is 32.6. The van der Waals surface area contributed by atoms with Crippen molar-refractivity contribution < 1.29 is 96.0 Å². The summed E-state index contributed by atoms with van der Waals surface area (Å²) in [6.07, 6.45) is 0. The van der Waals surface area contributed by atoms with Gasteiger partial charge in [-0.05, 0) is 266 Å². The van der Waals surface area contributed by atoms with E-state index in [4.69, 9.17) is 72.9 Å². The number of furan rings is 5. The summed E-state index contributed by atoms with van der Waals surface area (Å²) in [6.45, 7) is 5.95. The second-order valence-corrected chi connectivity index (χ2v) is 38.2. The lowest BCUT2D eigenvalue weighted by Crippen LogP contribution is -2.08. The van der Waals surface area contributed by atoms with Gasteiger partial charge in [0.15, 0.2) is 11.5 Å². The third kappa shape index (κ3) is 24.5. The number of ether oxygens (including phenoxy) is 3. The molecule has 2 aliphatic heterocycles. The first kappa shape index (κ1) is 102. The Morgan fingerprint density at radius 3 is 0.979 bits per heavy atom. The number of phenols is 4. The molecule has 0 amide bonds. The van der Waals surface area contributed by atoms with Crippen LogP contribution in [0, 0.1) is 34.3 Å². The molecule has 0 fully saturated rings. The molecule has 16 aromatic rings. The maximum absolute atomic E-state index is 12.7. The zero-order chi connectivity index (χ0) is 102. The molecule has 720 valence electrons. The second-order valence-electron chi connectivity index (χ2n) is 32.0. The zero-order valence-corrected chi connectivity index (χ0v) is 84.3. The van der Waals surface area contributed by atoms with Crippen molar-refractivity contribution in [1.82, 2.24) is 0 Å². The molecule has 0 saturated carbocycles. The average Bonchev–Trinajstić information content (AvgIpc) is 1.65. The van der Waals surface area contributed by atoms with E-state index in [1.54, 1.807) is 109 Å². The summed E-state index contributed by atoms with van der Waals surface area (Å²) in [6, 6.07) is 97.3. The number of benzene rings is 10. The van der Waals surface area contributed by atoms with Crippen molar-refractivity contribution in [3.05, 3.63) is 425 Å². The van der Waals surface area contributed by atoms with Crippen molar-refractivity contribution in [2.24, 2.45) is 0 Å². The quantitative estimate of drug-likeness (QED) is 0.0133. The smallest absolute Gasteiger partial charge is 0.344 e. The number of phenolic OH excluding ortho intramolecular Hbond substituents is 4. The van der Waals surface area contributed by atoms with E-state index in [0.717, 1.165) is 88.6 Å². The number of aryl methyl sites for hydroxylation is 3. The van der Waals surface area contributed by atoms with Crippen LogP contribution < -0.4 is 25.5 Å². The van der Waals surface area contributed by atoms with Crippen molar-refractivity contribution in [2.75, 3.05) is 0 Å². The third-order valence-corrected chi connectivity index (χ3v) is 28.0. The van der Waals surface area contributed by atoms with Gasteiger partial charge >= 0.3 is 29.2 Å². The largest absolute Gasteiger partial charge is 0.508 e. The van der Waals surface area contributed by atoms with Crippen LogP contribution in [0.1, 0.15) is 68.5 Å². The van der Waals surface area contributed by atoms with Crippen LogP contribution in [-0.2, 0) is 0 Å². The number of thioether (sulfide) groups is 2. The van der Waals surface area contributed by atoms with Crippen molar-refractivity contribution in [3.8, 4) is 136 Å². The van der Waals surface area contributed by atoms with Crippen molar-refractivity contribution >= 4 is 179 Å². The van der Waals surface area contributed by atoms with Gasteiger partial charge in [0.25, 0.3) is 17.8 Å². The number of aromatic hydroxyl groups is 7.